The SMILES string of the molecule is CCN(CC)CCC(C)C(=O)N(CC)CC. The zero-order valence-corrected chi connectivity index (χ0v) is 11.6. The predicted octanol–water partition coefficient (Wildman–Crippen LogP) is 2.22. The van der Waals surface area contributed by atoms with Crippen LogP contribution < -0.4 is 0 Å². The maximum Gasteiger partial charge on any atom is 0.225 e. The van der Waals surface area contributed by atoms with Gasteiger partial charge in [0.2, 0.25) is 5.91 Å². The van der Waals surface area contributed by atoms with Crippen LogP contribution in [0.2, 0.25) is 0 Å². The summed E-state index contributed by atoms with van der Waals surface area (Å²) in [6.45, 7) is 15.3. The Hall–Kier alpha value is -0.570. The Balaban J connectivity index is 4.04. The summed E-state index contributed by atoms with van der Waals surface area (Å²) in [6.07, 6.45) is 0.969. The van der Waals surface area contributed by atoms with Gasteiger partial charge in [-0.15, -0.1) is 0 Å². The number of carbonyl (C=O) groups is 1. The first-order valence-corrected chi connectivity index (χ1v) is 6.61. The highest BCUT2D eigenvalue weighted by molar-refractivity contribution is 5.78. The first kappa shape index (κ1) is 15.4. The Morgan fingerprint density at radius 3 is 1.88 bits per heavy atom. The minimum absolute atomic E-state index is 0.153. The molecule has 0 aromatic carbocycles. The van der Waals surface area contributed by atoms with E-state index in [0.29, 0.717) is 5.91 Å². The monoisotopic (exact) mass is 228 g/mol. The lowest BCUT2D eigenvalue weighted by Gasteiger charge is -2.25. The van der Waals surface area contributed by atoms with Crippen LogP contribution in [0.1, 0.15) is 41.0 Å². The van der Waals surface area contributed by atoms with E-state index in [1.165, 1.54) is 0 Å². The van der Waals surface area contributed by atoms with Crippen molar-refractivity contribution in [1.82, 2.24) is 9.80 Å². The fourth-order valence-corrected chi connectivity index (χ4v) is 1.89. The van der Waals surface area contributed by atoms with Gasteiger partial charge < -0.3 is 9.80 Å². The number of amides is 1. The summed E-state index contributed by atoms with van der Waals surface area (Å²) < 4.78 is 0. The molecule has 0 aromatic rings. The van der Waals surface area contributed by atoms with E-state index >= 15 is 0 Å². The van der Waals surface area contributed by atoms with Crippen molar-refractivity contribution in [3.05, 3.63) is 0 Å². The minimum Gasteiger partial charge on any atom is -0.343 e. The van der Waals surface area contributed by atoms with Gasteiger partial charge in [0.25, 0.3) is 0 Å². The zero-order chi connectivity index (χ0) is 12.6. The van der Waals surface area contributed by atoms with Gasteiger partial charge in [0, 0.05) is 19.0 Å². The molecule has 0 aromatic heterocycles. The highest BCUT2D eigenvalue weighted by Gasteiger charge is 2.18. The normalized spacial score (nSPS) is 12.9. The van der Waals surface area contributed by atoms with Crippen molar-refractivity contribution >= 4 is 5.91 Å². The van der Waals surface area contributed by atoms with Crippen LogP contribution in [0.3, 0.4) is 0 Å². The maximum absolute atomic E-state index is 12.0. The van der Waals surface area contributed by atoms with Crippen molar-refractivity contribution in [3.8, 4) is 0 Å². The minimum atomic E-state index is 0.153. The number of carbonyl (C=O) groups excluding carboxylic acids is 1. The Bertz CT molecular complexity index is 186. The van der Waals surface area contributed by atoms with Gasteiger partial charge in [0.05, 0.1) is 0 Å². The van der Waals surface area contributed by atoms with Gasteiger partial charge in [0.15, 0.2) is 0 Å². The van der Waals surface area contributed by atoms with Crippen LogP contribution in [0.4, 0.5) is 0 Å². The van der Waals surface area contributed by atoms with Crippen molar-refractivity contribution in [2.75, 3.05) is 32.7 Å². The first-order valence-electron chi connectivity index (χ1n) is 6.61. The second kappa shape index (κ2) is 8.57. The maximum atomic E-state index is 12.0. The Morgan fingerprint density at radius 1 is 1.00 bits per heavy atom. The zero-order valence-electron chi connectivity index (χ0n) is 11.6. The molecule has 0 heterocycles. The van der Waals surface area contributed by atoms with Gasteiger partial charge in [0.1, 0.15) is 0 Å². The van der Waals surface area contributed by atoms with E-state index in [0.717, 1.165) is 39.1 Å². The molecule has 0 fully saturated rings. The molecule has 1 atom stereocenters. The highest BCUT2D eigenvalue weighted by atomic mass is 16.2. The van der Waals surface area contributed by atoms with Crippen molar-refractivity contribution in [2.45, 2.75) is 41.0 Å². The molecule has 0 aliphatic rings. The van der Waals surface area contributed by atoms with Crippen LogP contribution in [0.15, 0.2) is 0 Å². The predicted molar refractivity (Wildman–Crippen MR) is 69.5 cm³/mol. The third-order valence-electron chi connectivity index (χ3n) is 3.27. The van der Waals surface area contributed by atoms with Crippen LogP contribution in [-0.4, -0.2) is 48.4 Å². The Kier molecular flexibility index (Phi) is 8.26. The second-order valence-electron chi connectivity index (χ2n) is 4.23. The molecule has 3 nitrogen and oxygen atoms in total. The molecule has 0 saturated heterocycles. The summed E-state index contributed by atoms with van der Waals surface area (Å²) in [6, 6.07) is 0. The van der Waals surface area contributed by atoms with E-state index in [1.807, 2.05) is 25.7 Å². The number of rotatable bonds is 8. The highest BCUT2D eigenvalue weighted by Crippen LogP contribution is 2.08. The lowest BCUT2D eigenvalue weighted by atomic mass is 10.1. The Morgan fingerprint density at radius 2 is 1.50 bits per heavy atom. The van der Waals surface area contributed by atoms with Crippen LogP contribution in [0, 0.1) is 5.92 Å². The lowest BCUT2D eigenvalue weighted by Crippen LogP contribution is -2.36. The summed E-state index contributed by atoms with van der Waals surface area (Å²) in [5.41, 5.74) is 0. The lowest BCUT2D eigenvalue weighted by molar-refractivity contribution is -0.134. The van der Waals surface area contributed by atoms with E-state index in [-0.39, 0.29) is 5.92 Å². The third kappa shape index (κ3) is 4.97. The molecule has 0 bridgehead atoms. The van der Waals surface area contributed by atoms with Crippen molar-refractivity contribution in [2.24, 2.45) is 5.92 Å². The summed E-state index contributed by atoms with van der Waals surface area (Å²) >= 11 is 0. The van der Waals surface area contributed by atoms with E-state index in [2.05, 4.69) is 18.7 Å². The second-order valence-corrected chi connectivity index (χ2v) is 4.23. The summed E-state index contributed by atoms with van der Waals surface area (Å²) in [5.74, 6) is 0.456. The van der Waals surface area contributed by atoms with Gasteiger partial charge in [-0.3, -0.25) is 4.79 Å². The fourth-order valence-electron chi connectivity index (χ4n) is 1.89. The van der Waals surface area contributed by atoms with Crippen molar-refractivity contribution in [3.63, 3.8) is 0 Å². The van der Waals surface area contributed by atoms with Gasteiger partial charge >= 0.3 is 0 Å². The molecule has 1 unspecified atom stereocenters. The molecular weight excluding hydrogens is 200 g/mol. The van der Waals surface area contributed by atoms with Crippen LogP contribution in [0.5, 0.6) is 0 Å². The standard InChI is InChI=1S/C13H28N2O/c1-6-14(7-2)11-10-12(5)13(16)15(8-3)9-4/h12H,6-11H2,1-5H3. The number of hydrogen-bond donors (Lipinski definition) is 0. The molecule has 0 aliphatic heterocycles. The van der Waals surface area contributed by atoms with Gasteiger partial charge in [-0.1, -0.05) is 20.8 Å². The summed E-state index contributed by atoms with van der Waals surface area (Å²) in [7, 11) is 0. The molecule has 0 aliphatic carbocycles. The van der Waals surface area contributed by atoms with Crippen LogP contribution in [-0.2, 0) is 4.79 Å². The average Bonchev–Trinajstić information content (AvgIpc) is 2.31. The molecule has 1 amide bonds. The molecular formula is C13H28N2O. The molecule has 96 valence electrons. The molecule has 0 rings (SSSR count). The van der Waals surface area contributed by atoms with Gasteiger partial charge in [-0.05, 0) is 39.9 Å². The molecule has 16 heavy (non-hydrogen) atoms. The Labute approximate surface area is 101 Å². The first-order chi connectivity index (χ1) is 7.60. The van der Waals surface area contributed by atoms with E-state index in [1.54, 1.807) is 0 Å². The van der Waals surface area contributed by atoms with Crippen LogP contribution in [0.25, 0.3) is 0 Å². The van der Waals surface area contributed by atoms with E-state index in [9.17, 15) is 4.79 Å². The number of nitrogens with zero attached hydrogens (tertiary/aromatic N) is 2. The quantitative estimate of drug-likeness (QED) is 0.636. The average molecular weight is 228 g/mol. The van der Waals surface area contributed by atoms with Crippen molar-refractivity contribution in [1.29, 1.82) is 0 Å². The third-order valence-corrected chi connectivity index (χ3v) is 3.27. The van der Waals surface area contributed by atoms with Gasteiger partial charge in [-0.25, -0.2) is 0 Å². The largest absolute Gasteiger partial charge is 0.343 e. The molecule has 0 saturated carbocycles. The van der Waals surface area contributed by atoms with Gasteiger partial charge in [-0.2, -0.15) is 0 Å². The molecule has 3 heteroatoms. The summed E-state index contributed by atoms with van der Waals surface area (Å²) in [5, 5.41) is 0. The molecule has 0 radical (unpaired) electrons. The molecule has 0 N–H and O–H groups in total. The smallest absolute Gasteiger partial charge is 0.225 e. The fraction of sp³-hybridized carbons (Fsp3) is 0.923. The topological polar surface area (TPSA) is 23.6 Å². The van der Waals surface area contributed by atoms with E-state index in [4.69, 9.17) is 0 Å². The van der Waals surface area contributed by atoms with E-state index < -0.39 is 0 Å². The molecule has 0 spiro atoms. The summed E-state index contributed by atoms with van der Waals surface area (Å²) in [4.78, 5) is 16.3. The van der Waals surface area contributed by atoms with Crippen molar-refractivity contribution < 1.29 is 4.79 Å². The van der Waals surface area contributed by atoms with Crippen LogP contribution >= 0.6 is 0 Å². The number of hydrogen-bond acceptors (Lipinski definition) is 2.